The second-order valence-electron chi connectivity index (χ2n) is 6.15. The van der Waals surface area contributed by atoms with Gasteiger partial charge in [-0.2, -0.15) is 0 Å². The Morgan fingerprint density at radius 2 is 2.03 bits per heavy atom. The van der Waals surface area contributed by atoms with Gasteiger partial charge in [-0.05, 0) is 23.9 Å². The van der Waals surface area contributed by atoms with Gasteiger partial charge >= 0.3 is 0 Å². The van der Waals surface area contributed by atoms with E-state index in [2.05, 4.69) is 15.3 Å². The Hall–Kier alpha value is -2.49. The number of nitrogens with zero attached hydrogens (tertiary/aromatic N) is 3. The van der Waals surface area contributed by atoms with Crippen molar-refractivity contribution in [3.05, 3.63) is 74.3 Å². The lowest BCUT2D eigenvalue weighted by Crippen LogP contribution is -2.31. The second-order valence-corrected chi connectivity index (χ2v) is 8.93. The Morgan fingerprint density at radius 3 is 2.76 bits per heavy atom. The molecule has 29 heavy (non-hydrogen) atoms. The van der Waals surface area contributed by atoms with Crippen molar-refractivity contribution in [1.82, 2.24) is 19.9 Å². The topological polar surface area (TPSA) is 76.9 Å². The molecule has 0 spiro atoms. The van der Waals surface area contributed by atoms with Crippen molar-refractivity contribution in [3.8, 4) is 0 Å². The Labute approximate surface area is 179 Å². The molecule has 0 radical (unpaired) electrons. The first-order chi connectivity index (χ1) is 14.2. The van der Waals surface area contributed by atoms with E-state index in [1.54, 1.807) is 10.8 Å². The number of amides is 1. The Bertz CT molecular complexity index is 1170. The molecule has 0 aliphatic rings. The minimum Gasteiger partial charge on any atom is -0.342 e. The van der Waals surface area contributed by atoms with E-state index in [4.69, 9.17) is 0 Å². The zero-order valence-electron chi connectivity index (χ0n) is 15.6. The third-order valence-corrected chi connectivity index (χ3v) is 7.02. The number of carbonyl (C=O) groups is 1. The summed E-state index contributed by atoms with van der Waals surface area (Å²) in [5, 5.41) is 8.21. The first kappa shape index (κ1) is 19.8. The van der Waals surface area contributed by atoms with Crippen LogP contribution in [-0.2, 0) is 11.3 Å². The molecule has 0 fully saturated rings. The summed E-state index contributed by atoms with van der Waals surface area (Å²) in [4.78, 5) is 34.3. The molecule has 4 rings (SSSR count). The molecule has 3 aromatic heterocycles. The van der Waals surface area contributed by atoms with Crippen LogP contribution in [0.2, 0.25) is 0 Å². The van der Waals surface area contributed by atoms with Crippen LogP contribution in [0.4, 0.5) is 0 Å². The SMILES string of the molecule is CCn1c(SCC(=O)NC(c2ccccc2)c2nccs2)nc2ccsc2c1=O. The first-order valence-corrected chi connectivity index (χ1v) is 11.8. The van der Waals surface area contributed by atoms with Gasteiger partial charge in [0.25, 0.3) is 5.56 Å². The zero-order chi connectivity index (χ0) is 20.2. The highest BCUT2D eigenvalue weighted by molar-refractivity contribution is 7.99. The second kappa shape index (κ2) is 8.89. The molecule has 6 nitrogen and oxygen atoms in total. The van der Waals surface area contributed by atoms with Crippen LogP contribution in [0.25, 0.3) is 10.2 Å². The van der Waals surface area contributed by atoms with Crippen molar-refractivity contribution < 1.29 is 4.79 Å². The van der Waals surface area contributed by atoms with Gasteiger partial charge in [0.15, 0.2) is 5.16 Å². The fraction of sp³-hybridized carbons (Fsp3) is 0.200. The number of hydrogen-bond acceptors (Lipinski definition) is 7. The van der Waals surface area contributed by atoms with Crippen molar-refractivity contribution in [3.63, 3.8) is 0 Å². The number of thiophene rings is 1. The molecule has 1 unspecified atom stereocenters. The van der Waals surface area contributed by atoms with E-state index in [1.807, 2.05) is 54.1 Å². The number of nitrogens with one attached hydrogen (secondary N) is 1. The molecular weight excluding hydrogens is 424 g/mol. The smallest absolute Gasteiger partial charge is 0.272 e. The molecule has 0 bridgehead atoms. The number of fused-ring (bicyclic) bond motifs is 1. The van der Waals surface area contributed by atoms with Gasteiger partial charge in [0, 0.05) is 18.1 Å². The van der Waals surface area contributed by atoms with Crippen LogP contribution in [0.15, 0.2) is 63.3 Å². The number of rotatable bonds is 7. The van der Waals surface area contributed by atoms with Crippen LogP contribution in [0.5, 0.6) is 0 Å². The molecule has 0 aliphatic carbocycles. The number of benzene rings is 1. The lowest BCUT2D eigenvalue weighted by molar-refractivity contribution is -0.119. The van der Waals surface area contributed by atoms with E-state index in [-0.39, 0.29) is 23.3 Å². The maximum atomic E-state index is 12.7. The van der Waals surface area contributed by atoms with Crippen LogP contribution >= 0.6 is 34.4 Å². The fourth-order valence-corrected chi connectivity index (χ4v) is 5.32. The molecule has 1 amide bonds. The Morgan fingerprint density at radius 1 is 1.21 bits per heavy atom. The minimum absolute atomic E-state index is 0.0552. The number of thioether (sulfide) groups is 1. The van der Waals surface area contributed by atoms with E-state index in [0.717, 1.165) is 10.6 Å². The third kappa shape index (κ3) is 4.26. The van der Waals surface area contributed by atoms with E-state index in [0.29, 0.717) is 21.9 Å². The third-order valence-electron chi connectivity index (χ3n) is 4.32. The molecule has 148 valence electrons. The van der Waals surface area contributed by atoms with Crippen molar-refractivity contribution >= 4 is 50.6 Å². The molecule has 1 N–H and O–H groups in total. The molecule has 1 atom stereocenters. The Balaban J connectivity index is 1.52. The van der Waals surface area contributed by atoms with Crippen LogP contribution in [0.1, 0.15) is 23.5 Å². The lowest BCUT2D eigenvalue weighted by atomic mass is 10.1. The summed E-state index contributed by atoms with van der Waals surface area (Å²) >= 11 is 4.17. The molecule has 3 heterocycles. The van der Waals surface area contributed by atoms with Crippen LogP contribution in [0.3, 0.4) is 0 Å². The number of thiazole rings is 1. The number of carbonyl (C=O) groups excluding carboxylic acids is 1. The van der Waals surface area contributed by atoms with Gasteiger partial charge in [-0.15, -0.1) is 22.7 Å². The normalized spacial score (nSPS) is 12.2. The molecule has 0 saturated heterocycles. The highest BCUT2D eigenvalue weighted by Crippen LogP contribution is 2.25. The summed E-state index contributed by atoms with van der Waals surface area (Å²) in [6.45, 7) is 2.41. The lowest BCUT2D eigenvalue weighted by Gasteiger charge is -2.17. The van der Waals surface area contributed by atoms with Gasteiger partial charge in [0.1, 0.15) is 15.7 Å². The molecule has 0 aliphatic heterocycles. The van der Waals surface area contributed by atoms with Gasteiger partial charge in [-0.1, -0.05) is 42.1 Å². The zero-order valence-corrected chi connectivity index (χ0v) is 18.0. The van der Waals surface area contributed by atoms with E-state index in [1.165, 1.54) is 34.4 Å². The van der Waals surface area contributed by atoms with Gasteiger partial charge in [0.05, 0.1) is 11.3 Å². The van der Waals surface area contributed by atoms with Gasteiger partial charge in [-0.3, -0.25) is 14.2 Å². The average Bonchev–Trinajstić information content (AvgIpc) is 3.43. The van der Waals surface area contributed by atoms with E-state index < -0.39 is 0 Å². The fourth-order valence-electron chi connectivity index (χ4n) is 2.96. The predicted octanol–water partition coefficient (Wildman–Crippen LogP) is 3.93. The van der Waals surface area contributed by atoms with Gasteiger partial charge in [0.2, 0.25) is 5.91 Å². The largest absolute Gasteiger partial charge is 0.342 e. The summed E-state index contributed by atoms with van der Waals surface area (Å²) in [6.07, 6.45) is 1.73. The molecule has 9 heteroatoms. The monoisotopic (exact) mass is 442 g/mol. The van der Waals surface area contributed by atoms with Crippen LogP contribution < -0.4 is 10.9 Å². The van der Waals surface area contributed by atoms with E-state index in [9.17, 15) is 9.59 Å². The number of hydrogen-bond donors (Lipinski definition) is 1. The van der Waals surface area contributed by atoms with Crippen molar-refractivity contribution in [2.75, 3.05) is 5.75 Å². The first-order valence-electron chi connectivity index (χ1n) is 9.02. The summed E-state index contributed by atoms with van der Waals surface area (Å²) in [5.74, 6) is 0.0259. The van der Waals surface area contributed by atoms with Crippen LogP contribution in [-0.4, -0.2) is 26.2 Å². The van der Waals surface area contributed by atoms with Crippen LogP contribution in [0, 0.1) is 0 Å². The van der Waals surface area contributed by atoms with Gasteiger partial charge in [-0.25, -0.2) is 9.97 Å². The van der Waals surface area contributed by atoms with E-state index >= 15 is 0 Å². The number of aromatic nitrogens is 3. The minimum atomic E-state index is -0.301. The predicted molar refractivity (Wildman–Crippen MR) is 119 cm³/mol. The maximum Gasteiger partial charge on any atom is 0.272 e. The van der Waals surface area contributed by atoms with Gasteiger partial charge < -0.3 is 5.32 Å². The standard InChI is InChI=1S/C20H18N4O2S3/c1-2-24-19(26)17-14(8-10-27-17)22-20(24)29-12-15(25)23-16(18-21-9-11-28-18)13-6-4-3-5-7-13/h3-11,16H,2,12H2,1H3,(H,23,25). The highest BCUT2D eigenvalue weighted by Gasteiger charge is 2.20. The van der Waals surface area contributed by atoms with Crippen molar-refractivity contribution in [2.24, 2.45) is 0 Å². The quantitative estimate of drug-likeness (QED) is 0.347. The average molecular weight is 443 g/mol. The Kier molecular flexibility index (Phi) is 6.08. The molecular formula is C20H18N4O2S3. The van der Waals surface area contributed by atoms with Crippen molar-refractivity contribution in [2.45, 2.75) is 24.7 Å². The molecule has 1 aromatic carbocycles. The summed E-state index contributed by atoms with van der Waals surface area (Å²) in [6, 6.07) is 11.3. The molecule has 0 saturated carbocycles. The van der Waals surface area contributed by atoms with Crippen molar-refractivity contribution in [1.29, 1.82) is 0 Å². The summed E-state index contributed by atoms with van der Waals surface area (Å²) < 4.78 is 2.26. The summed E-state index contributed by atoms with van der Waals surface area (Å²) in [5.41, 5.74) is 1.60. The highest BCUT2D eigenvalue weighted by atomic mass is 32.2. The summed E-state index contributed by atoms with van der Waals surface area (Å²) in [7, 11) is 0. The molecule has 4 aromatic rings. The maximum absolute atomic E-state index is 12.7.